The second-order valence-corrected chi connectivity index (χ2v) is 22.1. The first-order chi connectivity index (χ1) is 22.9. The Morgan fingerprint density at radius 2 is 0.729 bits per heavy atom. The number of unbranched alkanes of at least 4 members (excludes halogenated alkanes) is 5. The van der Waals surface area contributed by atoms with Gasteiger partial charge in [0.25, 0.3) is 4.08 Å². The van der Waals surface area contributed by atoms with Gasteiger partial charge in [-0.1, -0.05) is 39.0 Å². The van der Waals surface area contributed by atoms with Crippen LogP contribution in [-0.4, -0.2) is 40.5 Å². The molecule has 288 valence electrons. The third-order valence-electron chi connectivity index (χ3n) is 6.18. The Morgan fingerprint density at radius 3 is 1.04 bits per heavy atom. The monoisotopic (exact) mass is 1010 g/mol. The summed E-state index contributed by atoms with van der Waals surface area (Å²) in [6.45, 7) is 1.11. The van der Waals surface area contributed by atoms with Crippen molar-refractivity contribution < 1.29 is 67.8 Å². The number of carbonyl (C=O) groups excluding carboxylic acids is 1. The Balaban J connectivity index is 8.19. The number of ether oxygens (including phenoxy) is 1. The molecular formula is C16H17F15O2S15. The normalized spacial score (nSPS) is 14.1. The van der Waals surface area contributed by atoms with Crippen LogP contribution in [0.5, 0.6) is 0 Å². The van der Waals surface area contributed by atoms with Crippen molar-refractivity contribution in [2.75, 3.05) is 6.61 Å². The fourth-order valence-electron chi connectivity index (χ4n) is 3.78. The summed E-state index contributed by atoms with van der Waals surface area (Å²) in [4.78, 5) is 13.2. The summed E-state index contributed by atoms with van der Waals surface area (Å²) >= 11 is -29.3. The van der Waals surface area contributed by atoms with Gasteiger partial charge < -0.3 is 4.74 Å². The van der Waals surface area contributed by atoms with E-state index in [0.29, 0.717) is 19.3 Å². The van der Waals surface area contributed by atoms with Crippen LogP contribution in [0.1, 0.15) is 45.4 Å². The second-order valence-electron chi connectivity index (χ2n) is 8.32. The number of esters is 1. The van der Waals surface area contributed by atoms with E-state index < -0.39 is 223 Å². The summed E-state index contributed by atoms with van der Waals surface area (Å²) in [5, 5.41) is 0. The highest BCUT2D eigenvalue weighted by atomic mass is 32.3. The van der Waals surface area contributed by atoms with Crippen LogP contribution in [0.15, 0.2) is 0 Å². The Morgan fingerprint density at radius 1 is 0.417 bits per heavy atom. The van der Waals surface area contributed by atoms with E-state index in [1.807, 2.05) is 6.92 Å². The summed E-state index contributed by atoms with van der Waals surface area (Å²) in [5.41, 5.74) is 0. The van der Waals surface area contributed by atoms with Gasteiger partial charge in [-0.15, -0.1) is 0 Å². The summed E-state index contributed by atoms with van der Waals surface area (Å²) in [6.07, 6.45) is 3.09. The topological polar surface area (TPSA) is 26.3 Å². The maximum Gasteiger partial charge on any atom is 0.340 e. The number of hydrogen-bond acceptors (Lipinski definition) is 17. The molecule has 0 rings (SSSR count). The summed E-state index contributed by atoms with van der Waals surface area (Å²) < 4.78 is 195. The highest BCUT2D eigenvalue weighted by Gasteiger charge is 2.91. The lowest BCUT2D eigenvalue weighted by molar-refractivity contribution is -0.144. The number of rotatable bonds is 29. The SMILES string of the molecule is CCCCCCCCOC(=O)C(SF)(SF)C(SF)(SF)C(SF)(SF)C(SF)(SF)C(SF)(SF)C(SF)(SF)C(SF)(SF)SF. The molecule has 0 radical (unpaired) electrons. The average Bonchev–Trinajstić information content (AvgIpc) is 3.13. The molecule has 0 fully saturated rings. The van der Waals surface area contributed by atoms with Gasteiger partial charge in [-0.05, 0) is 6.42 Å². The van der Waals surface area contributed by atoms with Crippen LogP contribution in [0, 0.1) is 0 Å². The molecule has 0 aromatic carbocycles. The molecular weight excluding hydrogens is 990 g/mol. The van der Waals surface area contributed by atoms with Crippen LogP contribution in [0.25, 0.3) is 0 Å². The highest BCUT2D eigenvalue weighted by molar-refractivity contribution is 8.34. The first-order valence-corrected chi connectivity index (χ1v) is 22.3. The Hall–Kier alpha value is 3.67. The van der Waals surface area contributed by atoms with E-state index in [4.69, 9.17) is 4.74 Å². The van der Waals surface area contributed by atoms with Crippen molar-refractivity contribution in [1.29, 1.82) is 0 Å². The minimum Gasteiger partial charge on any atom is -0.464 e. The lowest BCUT2D eigenvalue weighted by atomic mass is 10.0. The number of halogens is 15. The van der Waals surface area contributed by atoms with Crippen molar-refractivity contribution >= 4 is 188 Å². The maximum atomic E-state index is 15.3. The molecule has 0 aliphatic carbocycles. The summed E-state index contributed by atoms with van der Waals surface area (Å²) in [5.74, 6) is -2.41. The minimum absolute atomic E-state index is 0.0712. The minimum atomic E-state index is -5.03. The lowest BCUT2D eigenvalue weighted by Gasteiger charge is -2.59. The molecule has 2 nitrogen and oxygen atoms in total. The molecule has 0 amide bonds. The molecule has 48 heavy (non-hydrogen) atoms. The summed E-state index contributed by atoms with van der Waals surface area (Å²) in [6, 6.07) is 0. The molecule has 0 bridgehead atoms. The van der Waals surface area contributed by atoms with Crippen LogP contribution in [0.3, 0.4) is 0 Å². The van der Waals surface area contributed by atoms with Crippen molar-refractivity contribution in [3.05, 3.63) is 0 Å². The Labute approximate surface area is 332 Å². The molecule has 0 unspecified atom stereocenters. The van der Waals surface area contributed by atoms with Gasteiger partial charge in [0.1, 0.15) is 0 Å². The number of hydrogen-bond donors (Lipinski definition) is 0. The molecule has 0 N–H and O–H groups in total. The van der Waals surface area contributed by atoms with Gasteiger partial charge in [0.2, 0.25) is 3.41 Å². The van der Waals surface area contributed by atoms with Crippen LogP contribution in [-0.2, 0) is 9.53 Å². The van der Waals surface area contributed by atoms with Crippen molar-refractivity contribution in [1.82, 2.24) is 0 Å². The molecule has 0 saturated heterocycles. The molecule has 0 aliphatic rings. The van der Waals surface area contributed by atoms with E-state index in [-0.39, 0.29) is 6.42 Å². The zero-order chi connectivity index (χ0) is 37.3. The van der Waals surface area contributed by atoms with E-state index in [2.05, 4.69) is 0 Å². The smallest absolute Gasteiger partial charge is 0.340 e. The van der Waals surface area contributed by atoms with Gasteiger partial charge in [0.15, 0.2) is 20.4 Å². The Bertz CT molecular complexity index is 904. The second kappa shape index (κ2) is 24.3. The largest absolute Gasteiger partial charge is 0.464 e. The quantitative estimate of drug-likeness (QED) is 0.0308. The van der Waals surface area contributed by atoms with Crippen molar-refractivity contribution in [2.45, 2.75) is 73.3 Å². The van der Waals surface area contributed by atoms with Crippen LogP contribution >= 0.6 is 182 Å². The Kier molecular flexibility index (Phi) is 26.2. The zero-order valence-electron chi connectivity index (χ0n) is 22.6. The van der Waals surface area contributed by atoms with Crippen molar-refractivity contribution in [2.24, 2.45) is 0 Å². The van der Waals surface area contributed by atoms with Gasteiger partial charge in [-0.25, -0.2) is 4.79 Å². The molecule has 32 heteroatoms. The van der Waals surface area contributed by atoms with E-state index in [1.165, 1.54) is 0 Å². The molecule has 0 atom stereocenters. The molecule has 0 heterocycles. The van der Waals surface area contributed by atoms with E-state index in [0.717, 1.165) is 12.8 Å². The van der Waals surface area contributed by atoms with Crippen LogP contribution in [0.2, 0.25) is 0 Å². The molecule has 0 saturated carbocycles. The molecule has 0 aromatic heterocycles. The van der Waals surface area contributed by atoms with E-state index in [9.17, 15) is 32.0 Å². The lowest BCUT2D eigenvalue weighted by Crippen LogP contribution is -2.75. The third-order valence-corrected chi connectivity index (χ3v) is 24.1. The zero-order valence-corrected chi connectivity index (χ0v) is 34.8. The van der Waals surface area contributed by atoms with Crippen LogP contribution < -0.4 is 0 Å². The van der Waals surface area contributed by atoms with Crippen molar-refractivity contribution in [3.8, 4) is 0 Å². The van der Waals surface area contributed by atoms with Gasteiger partial charge in [-0.3, -0.25) is 0 Å². The van der Waals surface area contributed by atoms with E-state index >= 15 is 31.1 Å². The van der Waals surface area contributed by atoms with Crippen molar-refractivity contribution in [3.63, 3.8) is 0 Å². The van der Waals surface area contributed by atoms with Gasteiger partial charge >= 0.3 is 5.97 Å². The van der Waals surface area contributed by atoms with E-state index in [1.54, 1.807) is 0 Å². The predicted molar refractivity (Wildman–Crippen MR) is 194 cm³/mol. The average molecular weight is 1010 g/mol. The summed E-state index contributed by atoms with van der Waals surface area (Å²) in [7, 11) is 0. The van der Waals surface area contributed by atoms with Gasteiger partial charge in [0.05, 0.1) is 189 Å². The third kappa shape index (κ3) is 8.50. The number of carbonyl (C=O) groups is 1. The molecule has 0 aromatic rings. The van der Waals surface area contributed by atoms with Gasteiger partial charge in [-0.2, -0.15) is 58.3 Å². The fourth-order valence-corrected chi connectivity index (χ4v) is 17.1. The highest BCUT2D eigenvalue weighted by Crippen LogP contribution is 2.85. The molecule has 0 aliphatic heterocycles. The van der Waals surface area contributed by atoms with Gasteiger partial charge in [0, 0.05) is 0 Å². The maximum absolute atomic E-state index is 15.3. The van der Waals surface area contributed by atoms with Crippen LogP contribution in [0.4, 0.5) is 58.3 Å². The predicted octanol–water partition coefficient (Wildman–Crippen LogP) is 17.0. The standard InChI is InChI=1S/C16H17F15O2S15/c1-2-3-4-5-6-7-8-33-9(32)10(34-17,35-18)11(36-19,37-20)12(38-21,39-22)13(40-23,41-24)14(42-25,43-26)15(44-27,45-28)16(46-29,47-30)48-31/h2-8H2,1H3. The first kappa shape index (κ1) is 51.7. The molecule has 0 spiro atoms. The first-order valence-electron chi connectivity index (χ1n) is 11.5. The fraction of sp³-hybridized carbons (Fsp3) is 0.938.